The van der Waals surface area contributed by atoms with Gasteiger partial charge in [-0.3, -0.25) is 4.79 Å². The van der Waals surface area contributed by atoms with Crippen LogP contribution in [-0.2, 0) is 9.53 Å². The summed E-state index contributed by atoms with van der Waals surface area (Å²) in [5.74, 6) is 2.08. The van der Waals surface area contributed by atoms with Crippen molar-refractivity contribution in [2.75, 3.05) is 19.7 Å². The third-order valence-corrected chi connectivity index (χ3v) is 5.32. The molecule has 3 nitrogen and oxygen atoms in total. The molecule has 0 bridgehead atoms. The Balaban J connectivity index is 1.96. The number of carbonyl (C=O) groups is 1. The number of hydrogen-bond donors (Lipinski definition) is 0. The molecule has 0 aromatic heterocycles. The number of piperidine rings is 1. The van der Waals surface area contributed by atoms with Crippen molar-refractivity contribution in [2.45, 2.75) is 71.8 Å². The van der Waals surface area contributed by atoms with Crippen LogP contribution < -0.4 is 0 Å². The second kappa shape index (κ2) is 7.13. The fourth-order valence-corrected chi connectivity index (χ4v) is 4.07. The lowest BCUT2D eigenvalue weighted by Gasteiger charge is -2.41. The molecular formula is C18H33NO2. The highest BCUT2D eigenvalue weighted by Crippen LogP contribution is 2.38. The standard InChI is InChI=1S/C18H33NO2/c1-14(2)16(15-8-11-21-18(3,4)13-15)12-17(20)19-9-6-5-7-10-19/h14-16H,5-13H2,1-4H3/t15-,16+/m1/s1. The van der Waals surface area contributed by atoms with Crippen molar-refractivity contribution < 1.29 is 9.53 Å². The smallest absolute Gasteiger partial charge is 0.222 e. The molecule has 0 aliphatic carbocycles. The molecule has 2 aliphatic heterocycles. The Morgan fingerprint density at radius 3 is 2.48 bits per heavy atom. The first-order chi connectivity index (χ1) is 9.89. The molecule has 0 aromatic rings. The van der Waals surface area contributed by atoms with Gasteiger partial charge in [0.05, 0.1) is 5.60 Å². The van der Waals surface area contributed by atoms with E-state index in [0.29, 0.717) is 23.7 Å². The van der Waals surface area contributed by atoms with Gasteiger partial charge in [-0.15, -0.1) is 0 Å². The Morgan fingerprint density at radius 2 is 1.90 bits per heavy atom. The summed E-state index contributed by atoms with van der Waals surface area (Å²) in [6, 6.07) is 0. The maximum atomic E-state index is 12.6. The maximum absolute atomic E-state index is 12.6. The van der Waals surface area contributed by atoms with Gasteiger partial charge < -0.3 is 9.64 Å². The van der Waals surface area contributed by atoms with Gasteiger partial charge in [-0.1, -0.05) is 13.8 Å². The molecule has 2 aliphatic rings. The molecule has 21 heavy (non-hydrogen) atoms. The molecule has 0 unspecified atom stereocenters. The SMILES string of the molecule is CC(C)[C@H](CC(=O)N1CCCCC1)[C@@H]1CCOC(C)(C)C1. The van der Waals surface area contributed by atoms with Crippen molar-refractivity contribution in [1.29, 1.82) is 0 Å². The molecule has 0 aromatic carbocycles. The molecule has 122 valence electrons. The summed E-state index contributed by atoms with van der Waals surface area (Å²) in [6.07, 6.45) is 6.58. The molecular weight excluding hydrogens is 262 g/mol. The van der Waals surface area contributed by atoms with Gasteiger partial charge in [0, 0.05) is 26.1 Å². The fourth-order valence-electron chi connectivity index (χ4n) is 4.07. The minimum absolute atomic E-state index is 0.0236. The van der Waals surface area contributed by atoms with Crippen LogP contribution in [0.4, 0.5) is 0 Å². The summed E-state index contributed by atoms with van der Waals surface area (Å²) in [5, 5.41) is 0. The topological polar surface area (TPSA) is 29.5 Å². The Hall–Kier alpha value is -0.570. The Kier molecular flexibility index (Phi) is 5.70. The van der Waals surface area contributed by atoms with Crippen LogP contribution in [0.3, 0.4) is 0 Å². The van der Waals surface area contributed by atoms with Crippen molar-refractivity contribution in [3.05, 3.63) is 0 Å². The first kappa shape index (κ1) is 16.8. The minimum atomic E-state index is -0.0236. The Labute approximate surface area is 130 Å². The number of carbonyl (C=O) groups excluding carboxylic acids is 1. The van der Waals surface area contributed by atoms with Crippen LogP contribution in [0.15, 0.2) is 0 Å². The summed E-state index contributed by atoms with van der Waals surface area (Å²) in [4.78, 5) is 14.7. The molecule has 0 saturated carbocycles. The number of nitrogens with zero attached hydrogens (tertiary/aromatic N) is 1. The molecule has 0 N–H and O–H groups in total. The molecule has 0 spiro atoms. The minimum Gasteiger partial charge on any atom is -0.376 e. The second-order valence-electron chi connectivity index (χ2n) is 7.91. The molecule has 2 heterocycles. The third-order valence-electron chi connectivity index (χ3n) is 5.32. The number of hydrogen-bond acceptors (Lipinski definition) is 2. The van der Waals surface area contributed by atoms with E-state index in [1.165, 1.54) is 19.3 Å². The van der Waals surface area contributed by atoms with Crippen molar-refractivity contribution in [3.63, 3.8) is 0 Å². The van der Waals surface area contributed by atoms with Crippen LogP contribution in [0.2, 0.25) is 0 Å². The van der Waals surface area contributed by atoms with Crippen LogP contribution >= 0.6 is 0 Å². The number of amides is 1. The van der Waals surface area contributed by atoms with Crippen LogP contribution in [0.1, 0.15) is 66.2 Å². The van der Waals surface area contributed by atoms with Crippen LogP contribution in [-0.4, -0.2) is 36.1 Å². The molecule has 2 saturated heterocycles. The molecule has 2 rings (SSSR count). The van der Waals surface area contributed by atoms with E-state index in [1.807, 2.05) is 0 Å². The lowest BCUT2D eigenvalue weighted by molar-refractivity contribution is -0.136. The second-order valence-corrected chi connectivity index (χ2v) is 7.91. The van der Waals surface area contributed by atoms with Gasteiger partial charge in [0.2, 0.25) is 5.91 Å². The van der Waals surface area contributed by atoms with Gasteiger partial charge in [-0.05, 0) is 63.7 Å². The first-order valence-electron chi connectivity index (χ1n) is 8.81. The fraction of sp³-hybridized carbons (Fsp3) is 0.944. The largest absolute Gasteiger partial charge is 0.376 e. The van der Waals surface area contributed by atoms with Crippen LogP contribution in [0.25, 0.3) is 0 Å². The molecule has 0 radical (unpaired) electrons. The van der Waals surface area contributed by atoms with E-state index in [2.05, 4.69) is 32.6 Å². The van der Waals surface area contributed by atoms with Gasteiger partial charge in [0.1, 0.15) is 0 Å². The lowest BCUT2D eigenvalue weighted by Crippen LogP contribution is -2.41. The quantitative estimate of drug-likeness (QED) is 0.788. The average molecular weight is 295 g/mol. The predicted molar refractivity (Wildman–Crippen MR) is 86.1 cm³/mol. The van der Waals surface area contributed by atoms with Crippen molar-refractivity contribution >= 4 is 5.91 Å². The summed E-state index contributed by atoms with van der Waals surface area (Å²) in [5.41, 5.74) is -0.0236. The van der Waals surface area contributed by atoms with E-state index in [9.17, 15) is 4.79 Å². The molecule has 2 atom stereocenters. The monoisotopic (exact) mass is 295 g/mol. The highest BCUT2D eigenvalue weighted by molar-refractivity contribution is 5.76. The van der Waals surface area contributed by atoms with Crippen molar-refractivity contribution in [1.82, 2.24) is 4.90 Å². The summed E-state index contributed by atoms with van der Waals surface area (Å²) in [6.45, 7) is 11.7. The maximum Gasteiger partial charge on any atom is 0.222 e. The van der Waals surface area contributed by atoms with Gasteiger partial charge >= 0.3 is 0 Å². The zero-order valence-electron chi connectivity index (χ0n) is 14.4. The van der Waals surface area contributed by atoms with Gasteiger partial charge in [-0.25, -0.2) is 0 Å². The molecule has 1 amide bonds. The van der Waals surface area contributed by atoms with Crippen LogP contribution in [0.5, 0.6) is 0 Å². The predicted octanol–water partition coefficient (Wildman–Crippen LogP) is 3.87. The van der Waals surface area contributed by atoms with E-state index >= 15 is 0 Å². The lowest BCUT2D eigenvalue weighted by atomic mass is 9.73. The van der Waals surface area contributed by atoms with Gasteiger partial charge in [-0.2, -0.15) is 0 Å². The van der Waals surface area contributed by atoms with E-state index in [-0.39, 0.29) is 5.60 Å². The van der Waals surface area contributed by atoms with E-state index < -0.39 is 0 Å². The Bertz CT molecular complexity index is 345. The zero-order chi connectivity index (χ0) is 15.5. The van der Waals surface area contributed by atoms with E-state index in [0.717, 1.165) is 39.0 Å². The van der Waals surface area contributed by atoms with E-state index in [1.54, 1.807) is 0 Å². The van der Waals surface area contributed by atoms with Gasteiger partial charge in [0.25, 0.3) is 0 Å². The highest BCUT2D eigenvalue weighted by atomic mass is 16.5. The van der Waals surface area contributed by atoms with Gasteiger partial charge in [0.15, 0.2) is 0 Å². The summed E-state index contributed by atoms with van der Waals surface area (Å²) >= 11 is 0. The number of rotatable bonds is 4. The van der Waals surface area contributed by atoms with Crippen molar-refractivity contribution in [2.24, 2.45) is 17.8 Å². The number of likely N-dealkylation sites (tertiary alicyclic amines) is 1. The normalized spacial score (nSPS) is 27.7. The molecule has 3 heteroatoms. The highest BCUT2D eigenvalue weighted by Gasteiger charge is 2.36. The van der Waals surface area contributed by atoms with Crippen LogP contribution in [0, 0.1) is 17.8 Å². The first-order valence-corrected chi connectivity index (χ1v) is 8.81. The van der Waals surface area contributed by atoms with E-state index in [4.69, 9.17) is 4.74 Å². The molecule has 2 fully saturated rings. The third kappa shape index (κ3) is 4.70. The average Bonchev–Trinajstić information content (AvgIpc) is 2.44. The zero-order valence-corrected chi connectivity index (χ0v) is 14.4. The number of ether oxygens (including phenoxy) is 1. The summed E-state index contributed by atoms with van der Waals surface area (Å²) < 4.78 is 5.85. The summed E-state index contributed by atoms with van der Waals surface area (Å²) in [7, 11) is 0. The van der Waals surface area contributed by atoms with Crippen molar-refractivity contribution in [3.8, 4) is 0 Å². The Morgan fingerprint density at radius 1 is 1.24 bits per heavy atom.